The van der Waals surface area contributed by atoms with Gasteiger partial charge in [0.2, 0.25) is 5.95 Å². The van der Waals surface area contributed by atoms with Gasteiger partial charge in [0.15, 0.2) is 5.82 Å². The normalized spacial score (nSPS) is 14.6. The summed E-state index contributed by atoms with van der Waals surface area (Å²) < 4.78 is 42.3. The maximum absolute atomic E-state index is 13.1. The van der Waals surface area contributed by atoms with E-state index in [-0.39, 0.29) is 16.4 Å². The molecule has 1 aromatic carbocycles. The standard InChI is InChI=1S/C23H21ClF3N7O2/c1-13-14(10-33-6-3-7-36-33)11-34(31-13)21-18(24)9-28-22(30-21)29-15-4-5-19-16(8-15)17(12-32(19)2)20(35)23(25,26)27/h4-5,8-9,11-12H,3,6-7,10H2,1-2H3,(H,28,29,30). The number of aryl methyl sites for hydroxylation is 2. The second-order valence-corrected chi connectivity index (χ2v) is 8.84. The summed E-state index contributed by atoms with van der Waals surface area (Å²) in [4.78, 5) is 26.1. The van der Waals surface area contributed by atoms with Crippen LogP contribution in [-0.2, 0) is 18.4 Å². The minimum Gasteiger partial charge on any atom is -0.350 e. The molecule has 1 saturated heterocycles. The van der Waals surface area contributed by atoms with Crippen LogP contribution in [0.4, 0.5) is 24.8 Å². The van der Waals surface area contributed by atoms with Crippen LogP contribution in [0.25, 0.3) is 16.7 Å². The lowest BCUT2D eigenvalue weighted by molar-refractivity contribution is -0.117. The molecule has 9 nitrogen and oxygen atoms in total. The molecule has 4 aromatic rings. The number of rotatable bonds is 6. The quantitative estimate of drug-likeness (QED) is 0.368. The van der Waals surface area contributed by atoms with Gasteiger partial charge in [-0.05, 0) is 31.5 Å². The first-order chi connectivity index (χ1) is 17.1. The van der Waals surface area contributed by atoms with E-state index in [0.717, 1.165) is 24.2 Å². The van der Waals surface area contributed by atoms with Gasteiger partial charge >= 0.3 is 6.18 Å². The van der Waals surface area contributed by atoms with Crippen molar-refractivity contribution in [2.45, 2.75) is 26.1 Å². The number of benzene rings is 1. The summed E-state index contributed by atoms with van der Waals surface area (Å²) in [5.41, 5.74) is 2.21. The Kier molecular flexibility index (Phi) is 6.18. The van der Waals surface area contributed by atoms with Crippen molar-refractivity contribution in [1.29, 1.82) is 0 Å². The molecule has 0 aliphatic carbocycles. The molecule has 1 N–H and O–H groups in total. The number of fused-ring (bicyclic) bond motifs is 1. The van der Waals surface area contributed by atoms with Crippen LogP contribution >= 0.6 is 11.6 Å². The number of hydroxylamine groups is 2. The SMILES string of the molecule is Cc1nn(-c2nc(Nc3ccc4c(c3)c(C(=O)C(F)(F)F)cn4C)ncc2Cl)cc1CN1CCCO1. The fourth-order valence-corrected chi connectivity index (χ4v) is 4.26. The number of nitrogens with zero attached hydrogens (tertiary/aromatic N) is 6. The molecule has 0 bridgehead atoms. The van der Waals surface area contributed by atoms with Gasteiger partial charge in [-0.1, -0.05) is 11.6 Å². The molecular weight excluding hydrogens is 499 g/mol. The summed E-state index contributed by atoms with van der Waals surface area (Å²) >= 11 is 6.35. The van der Waals surface area contributed by atoms with Crippen molar-refractivity contribution >= 4 is 39.9 Å². The topological polar surface area (TPSA) is 90.1 Å². The number of hydrogen-bond donors (Lipinski definition) is 1. The molecule has 36 heavy (non-hydrogen) atoms. The predicted octanol–water partition coefficient (Wildman–Crippen LogP) is 4.74. The van der Waals surface area contributed by atoms with Crippen molar-refractivity contribution in [3.8, 4) is 5.82 Å². The number of nitrogens with one attached hydrogen (secondary N) is 1. The Morgan fingerprint density at radius 1 is 1.28 bits per heavy atom. The zero-order valence-electron chi connectivity index (χ0n) is 19.3. The lowest BCUT2D eigenvalue weighted by atomic mass is 10.1. The van der Waals surface area contributed by atoms with Gasteiger partial charge in [-0.2, -0.15) is 28.3 Å². The molecule has 5 rings (SSSR count). The number of anilines is 2. The summed E-state index contributed by atoms with van der Waals surface area (Å²) in [7, 11) is 1.58. The van der Waals surface area contributed by atoms with Crippen molar-refractivity contribution in [3.05, 3.63) is 58.6 Å². The van der Waals surface area contributed by atoms with Crippen LogP contribution in [0.15, 0.2) is 36.8 Å². The minimum atomic E-state index is -4.98. The lowest BCUT2D eigenvalue weighted by Crippen LogP contribution is -2.22. The highest BCUT2D eigenvalue weighted by Gasteiger charge is 2.40. The van der Waals surface area contributed by atoms with Crippen molar-refractivity contribution < 1.29 is 22.8 Å². The molecule has 1 aliphatic heterocycles. The van der Waals surface area contributed by atoms with Gasteiger partial charge in [-0.25, -0.2) is 9.67 Å². The number of alkyl halides is 3. The smallest absolute Gasteiger partial charge is 0.350 e. The van der Waals surface area contributed by atoms with Crippen LogP contribution in [0.1, 0.15) is 28.0 Å². The molecule has 0 amide bonds. The van der Waals surface area contributed by atoms with E-state index in [1.165, 1.54) is 23.0 Å². The molecule has 0 spiro atoms. The van der Waals surface area contributed by atoms with E-state index in [9.17, 15) is 18.0 Å². The molecule has 0 saturated carbocycles. The summed E-state index contributed by atoms with van der Waals surface area (Å²) in [6, 6.07) is 4.73. The van der Waals surface area contributed by atoms with Gasteiger partial charge in [0, 0.05) is 48.1 Å². The molecule has 1 fully saturated rings. The summed E-state index contributed by atoms with van der Waals surface area (Å²) in [6.45, 7) is 4.00. The van der Waals surface area contributed by atoms with E-state index >= 15 is 0 Å². The average molecular weight is 520 g/mol. The van der Waals surface area contributed by atoms with Crippen LogP contribution < -0.4 is 5.32 Å². The van der Waals surface area contributed by atoms with Gasteiger partial charge in [-0.3, -0.25) is 9.63 Å². The number of carbonyl (C=O) groups is 1. The van der Waals surface area contributed by atoms with E-state index in [0.29, 0.717) is 30.2 Å². The third-order valence-electron chi connectivity index (χ3n) is 5.86. The highest BCUT2D eigenvalue weighted by molar-refractivity contribution is 6.32. The van der Waals surface area contributed by atoms with Crippen LogP contribution in [0.5, 0.6) is 0 Å². The predicted molar refractivity (Wildman–Crippen MR) is 126 cm³/mol. The van der Waals surface area contributed by atoms with Crippen molar-refractivity contribution in [2.24, 2.45) is 7.05 Å². The molecule has 1 aliphatic rings. The van der Waals surface area contributed by atoms with Crippen LogP contribution in [0.3, 0.4) is 0 Å². The fourth-order valence-electron chi connectivity index (χ4n) is 4.08. The molecule has 0 unspecified atom stereocenters. The van der Waals surface area contributed by atoms with Gasteiger partial charge in [0.1, 0.15) is 5.02 Å². The first kappa shape index (κ1) is 24.2. The number of ketones is 1. The maximum Gasteiger partial charge on any atom is 0.454 e. The first-order valence-electron chi connectivity index (χ1n) is 11.0. The maximum atomic E-state index is 13.1. The van der Waals surface area contributed by atoms with E-state index in [1.807, 2.05) is 18.2 Å². The third kappa shape index (κ3) is 4.66. The van der Waals surface area contributed by atoms with Gasteiger partial charge in [-0.15, -0.1) is 0 Å². The Bertz CT molecular complexity index is 1460. The largest absolute Gasteiger partial charge is 0.454 e. The second-order valence-electron chi connectivity index (χ2n) is 8.44. The van der Waals surface area contributed by atoms with Gasteiger partial charge in [0.25, 0.3) is 5.78 Å². The van der Waals surface area contributed by atoms with Crippen LogP contribution in [-0.4, -0.2) is 54.5 Å². The molecule has 188 valence electrons. The Morgan fingerprint density at radius 3 is 2.81 bits per heavy atom. The summed E-state index contributed by atoms with van der Waals surface area (Å²) in [5.74, 6) is -1.41. The van der Waals surface area contributed by atoms with Gasteiger partial charge < -0.3 is 9.88 Å². The minimum absolute atomic E-state index is 0.158. The second kappa shape index (κ2) is 9.19. The van der Waals surface area contributed by atoms with E-state index in [1.54, 1.807) is 23.9 Å². The Balaban J connectivity index is 1.44. The average Bonchev–Trinajstić information content (AvgIpc) is 3.54. The fraction of sp³-hybridized carbons (Fsp3) is 0.304. The number of halogens is 4. The number of Topliss-reactive ketones (excluding diaryl/α,β-unsaturated/α-hetero) is 1. The molecule has 3 aromatic heterocycles. The highest BCUT2D eigenvalue weighted by Crippen LogP contribution is 2.31. The third-order valence-corrected chi connectivity index (χ3v) is 6.13. The van der Waals surface area contributed by atoms with Crippen molar-refractivity contribution in [2.75, 3.05) is 18.5 Å². The Labute approximate surface area is 208 Å². The molecule has 0 radical (unpaired) electrons. The Morgan fingerprint density at radius 2 is 2.08 bits per heavy atom. The Hall–Kier alpha value is -3.48. The van der Waals surface area contributed by atoms with Crippen LogP contribution in [0.2, 0.25) is 5.02 Å². The first-order valence-corrected chi connectivity index (χ1v) is 11.4. The van der Waals surface area contributed by atoms with Crippen LogP contribution in [0, 0.1) is 6.92 Å². The molecule has 0 atom stereocenters. The van der Waals surface area contributed by atoms with E-state index < -0.39 is 17.5 Å². The lowest BCUT2D eigenvalue weighted by Gasteiger charge is -2.12. The molecule has 4 heterocycles. The van der Waals surface area contributed by atoms with E-state index in [2.05, 4.69) is 20.4 Å². The summed E-state index contributed by atoms with van der Waals surface area (Å²) in [6.07, 6.45) is 0.395. The summed E-state index contributed by atoms with van der Waals surface area (Å²) in [5, 5.41) is 9.80. The highest BCUT2D eigenvalue weighted by atomic mass is 35.5. The van der Waals surface area contributed by atoms with Gasteiger partial charge in [0.05, 0.1) is 30.6 Å². The van der Waals surface area contributed by atoms with Crippen molar-refractivity contribution in [1.82, 2.24) is 29.4 Å². The van der Waals surface area contributed by atoms with Crippen molar-refractivity contribution in [3.63, 3.8) is 0 Å². The molecular formula is C23H21ClF3N7O2. The zero-order valence-corrected chi connectivity index (χ0v) is 20.1. The zero-order chi connectivity index (χ0) is 25.6. The number of hydrogen-bond acceptors (Lipinski definition) is 7. The number of aromatic nitrogens is 5. The molecule has 13 heteroatoms. The number of carbonyl (C=O) groups excluding carboxylic acids is 1. The monoisotopic (exact) mass is 519 g/mol. The van der Waals surface area contributed by atoms with E-state index in [4.69, 9.17) is 16.4 Å².